The van der Waals surface area contributed by atoms with Gasteiger partial charge in [0.25, 0.3) is 0 Å². The second kappa shape index (κ2) is 8.05. The van der Waals surface area contributed by atoms with Gasteiger partial charge in [0.2, 0.25) is 5.91 Å². The number of likely N-dealkylation sites (tertiary alicyclic amines) is 1. The van der Waals surface area contributed by atoms with E-state index in [0.29, 0.717) is 6.42 Å². The monoisotopic (exact) mass is 334 g/mol. The van der Waals surface area contributed by atoms with Crippen LogP contribution in [-0.4, -0.2) is 42.5 Å². The quantitative estimate of drug-likeness (QED) is 0.768. The smallest absolute Gasteiger partial charge is 0.238 e. The Labute approximate surface area is 143 Å². The molecule has 3 N–H and O–H groups in total. The van der Waals surface area contributed by atoms with Crippen LogP contribution in [0.4, 0.5) is 4.39 Å². The fourth-order valence-corrected chi connectivity index (χ4v) is 3.56. The lowest BCUT2D eigenvalue weighted by atomic mass is 10.0. The van der Waals surface area contributed by atoms with E-state index in [1.807, 2.05) is 0 Å². The van der Waals surface area contributed by atoms with Crippen LogP contribution in [0.1, 0.15) is 44.2 Å². The highest BCUT2D eigenvalue weighted by molar-refractivity contribution is 5.82. The van der Waals surface area contributed by atoms with Crippen molar-refractivity contribution in [3.63, 3.8) is 0 Å². The number of nitrogens with zero attached hydrogens (tertiary/aromatic N) is 1. The summed E-state index contributed by atoms with van der Waals surface area (Å²) in [5, 5.41) is 3.18. The van der Waals surface area contributed by atoms with Crippen LogP contribution < -0.4 is 16.2 Å². The SMILES string of the molecule is CCCN1CCC(NC(=O)C2CC(c3ccc(F)cc3)NN2)CC1. The number of hydrogen-bond donors (Lipinski definition) is 3. The molecule has 0 spiro atoms. The van der Waals surface area contributed by atoms with E-state index in [-0.39, 0.29) is 29.8 Å². The second-order valence-corrected chi connectivity index (χ2v) is 6.81. The van der Waals surface area contributed by atoms with Crippen LogP contribution in [0.15, 0.2) is 24.3 Å². The maximum absolute atomic E-state index is 13.0. The number of rotatable bonds is 5. The van der Waals surface area contributed by atoms with E-state index in [4.69, 9.17) is 0 Å². The number of hydrazine groups is 1. The molecule has 1 aromatic rings. The highest BCUT2D eigenvalue weighted by atomic mass is 19.1. The minimum atomic E-state index is -0.242. The van der Waals surface area contributed by atoms with Crippen molar-refractivity contribution in [1.82, 2.24) is 21.1 Å². The van der Waals surface area contributed by atoms with Gasteiger partial charge in [-0.2, -0.15) is 0 Å². The number of carbonyl (C=O) groups is 1. The molecule has 0 aliphatic carbocycles. The Morgan fingerprint density at radius 1 is 1.25 bits per heavy atom. The molecule has 5 nitrogen and oxygen atoms in total. The van der Waals surface area contributed by atoms with Crippen molar-refractivity contribution in [2.45, 2.75) is 50.7 Å². The summed E-state index contributed by atoms with van der Waals surface area (Å²) >= 11 is 0. The van der Waals surface area contributed by atoms with Crippen LogP contribution >= 0.6 is 0 Å². The third-order valence-corrected chi connectivity index (χ3v) is 4.97. The van der Waals surface area contributed by atoms with Crippen LogP contribution in [0.5, 0.6) is 0 Å². The van der Waals surface area contributed by atoms with Crippen LogP contribution in [0.25, 0.3) is 0 Å². The van der Waals surface area contributed by atoms with Gasteiger partial charge in [-0.05, 0) is 49.9 Å². The lowest BCUT2D eigenvalue weighted by Gasteiger charge is -2.32. The molecule has 2 fully saturated rings. The summed E-state index contributed by atoms with van der Waals surface area (Å²) in [5.74, 6) is -0.186. The lowest BCUT2D eigenvalue weighted by Crippen LogP contribution is -2.50. The zero-order chi connectivity index (χ0) is 16.9. The van der Waals surface area contributed by atoms with E-state index in [1.165, 1.54) is 18.6 Å². The Morgan fingerprint density at radius 3 is 2.62 bits per heavy atom. The maximum atomic E-state index is 13.0. The summed E-state index contributed by atoms with van der Waals surface area (Å²) in [4.78, 5) is 14.9. The van der Waals surface area contributed by atoms with Crippen molar-refractivity contribution in [1.29, 1.82) is 0 Å². The van der Waals surface area contributed by atoms with Crippen molar-refractivity contribution in [2.24, 2.45) is 0 Å². The third-order valence-electron chi connectivity index (χ3n) is 4.97. The number of benzene rings is 1. The minimum absolute atomic E-state index is 0.0350. The number of nitrogens with one attached hydrogen (secondary N) is 3. The molecule has 2 aliphatic heterocycles. The van der Waals surface area contributed by atoms with Crippen molar-refractivity contribution in [2.75, 3.05) is 19.6 Å². The van der Waals surface area contributed by atoms with Gasteiger partial charge < -0.3 is 10.2 Å². The zero-order valence-corrected chi connectivity index (χ0v) is 14.2. The topological polar surface area (TPSA) is 56.4 Å². The summed E-state index contributed by atoms with van der Waals surface area (Å²) in [6.45, 7) is 5.47. The minimum Gasteiger partial charge on any atom is -0.352 e. The summed E-state index contributed by atoms with van der Waals surface area (Å²) in [6, 6.07) is 6.50. The van der Waals surface area contributed by atoms with Gasteiger partial charge >= 0.3 is 0 Å². The van der Waals surface area contributed by atoms with Gasteiger partial charge in [-0.3, -0.25) is 4.79 Å². The van der Waals surface area contributed by atoms with Gasteiger partial charge in [0, 0.05) is 25.2 Å². The Balaban J connectivity index is 1.46. The molecule has 3 rings (SSSR count). The van der Waals surface area contributed by atoms with E-state index in [0.717, 1.165) is 38.0 Å². The standard InChI is InChI=1S/C18H27FN4O/c1-2-9-23-10-7-15(8-11-23)20-18(24)17-12-16(21-22-17)13-3-5-14(19)6-4-13/h3-6,15-17,21-22H,2,7-12H2,1H3,(H,20,24). The summed E-state index contributed by atoms with van der Waals surface area (Å²) in [6.07, 6.45) is 3.90. The average molecular weight is 334 g/mol. The van der Waals surface area contributed by atoms with Crippen LogP contribution in [0, 0.1) is 5.82 Å². The normalized spacial score (nSPS) is 25.8. The Kier molecular flexibility index (Phi) is 5.81. The van der Waals surface area contributed by atoms with E-state index >= 15 is 0 Å². The molecule has 24 heavy (non-hydrogen) atoms. The lowest BCUT2D eigenvalue weighted by molar-refractivity contribution is -0.123. The molecule has 1 amide bonds. The first-order valence-electron chi connectivity index (χ1n) is 8.95. The molecule has 0 bridgehead atoms. The molecule has 0 aromatic heterocycles. The molecule has 2 unspecified atom stereocenters. The largest absolute Gasteiger partial charge is 0.352 e. The molecule has 132 valence electrons. The first-order valence-corrected chi connectivity index (χ1v) is 8.95. The number of hydrogen-bond acceptors (Lipinski definition) is 4. The predicted octanol–water partition coefficient (Wildman–Crippen LogP) is 1.72. The summed E-state index contributed by atoms with van der Waals surface area (Å²) in [7, 11) is 0. The first-order chi connectivity index (χ1) is 11.7. The summed E-state index contributed by atoms with van der Waals surface area (Å²) in [5.41, 5.74) is 7.21. The molecular formula is C18H27FN4O. The van der Waals surface area contributed by atoms with E-state index in [2.05, 4.69) is 28.0 Å². The molecule has 0 radical (unpaired) electrons. The maximum Gasteiger partial charge on any atom is 0.238 e. The van der Waals surface area contributed by atoms with Gasteiger partial charge in [0.1, 0.15) is 11.9 Å². The second-order valence-electron chi connectivity index (χ2n) is 6.81. The molecule has 2 saturated heterocycles. The van der Waals surface area contributed by atoms with Crippen LogP contribution in [0.3, 0.4) is 0 Å². The van der Waals surface area contributed by atoms with Gasteiger partial charge in [-0.25, -0.2) is 15.2 Å². The first kappa shape index (κ1) is 17.3. The number of carbonyl (C=O) groups excluding carboxylic acids is 1. The molecule has 2 heterocycles. The summed E-state index contributed by atoms with van der Waals surface area (Å²) < 4.78 is 13.0. The van der Waals surface area contributed by atoms with Crippen molar-refractivity contribution in [3.05, 3.63) is 35.6 Å². The molecular weight excluding hydrogens is 307 g/mol. The van der Waals surface area contributed by atoms with Gasteiger partial charge in [0.15, 0.2) is 0 Å². The van der Waals surface area contributed by atoms with Gasteiger partial charge in [-0.1, -0.05) is 19.1 Å². The molecule has 0 saturated carbocycles. The van der Waals surface area contributed by atoms with Gasteiger partial charge in [-0.15, -0.1) is 0 Å². The van der Waals surface area contributed by atoms with Crippen LogP contribution in [0.2, 0.25) is 0 Å². The van der Waals surface area contributed by atoms with Crippen molar-refractivity contribution in [3.8, 4) is 0 Å². The van der Waals surface area contributed by atoms with E-state index in [9.17, 15) is 9.18 Å². The molecule has 2 atom stereocenters. The molecule has 1 aromatic carbocycles. The Morgan fingerprint density at radius 2 is 1.96 bits per heavy atom. The van der Waals surface area contributed by atoms with Crippen molar-refractivity contribution >= 4 is 5.91 Å². The van der Waals surface area contributed by atoms with Crippen molar-refractivity contribution < 1.29 is 9.18 Å². The molecule has 6 heteroatoms. The van der Waals surface area contributed by atoms with Gasteiger partial charge in [0.05, 0.1) is 0 Å². The number of piperidine rings is 1. The fourth-order valence-electron chi connectivity index (χ4n) is 3.56. The Hall–Kier alpha value is -1.50. The zero-order valence-electron chi connectivity index (χ0n) is 14.2. The average Bonchev–Trinajstić information content (AvgIpc) is 3.08. The predicted molar refractivity (Wildman–Crippen MR) is 91.7 cm³/mol. The highest BCUT2D eigenvalue weighted by Crippen LogP contribution is 2.22. The number of halogens is 1. The Bertz CT molecular complexity index is 542. The third kappa shape index (κ3) is 4.32. The fraction of sp³-hybridized carbons (Fsp3) is 0.611. The van der Waals surface area contributed by atoms with E-state index < -0.39 is 0 Å². The van der Waals surface area contributed by atoms with E-state index in [1.54, 1.807) is 12.1 Å². The molecule has 2 aliphatic rings. The number of amides is 1. The van der Waals surface area contributed by atoms with Crippen LogP contribution in [-0.2, 0) is 4.79 Å². The highest BCUT2D eigenvalue weighted by Gasteiger charge is 2.31.